The highest BCUT2D eigenvalue weighted by Crippen LogP contribution is 2.30. The van der Waals surface area contributed by atoms with Gasteiger partial charge in [-0.3, -0.25) is 4.79 Å². The monoisotopic (exact) mass is 329 g/mol. The summed E-state index contributed by atoms with van der Waals surface area (Å²) >= 11 is 12.0. The molecule has 1 atom stereocenters. The normalized spacial score (nSPS) is 20.4. The van der Waals surface area contributed by atoms with Crippen LogP contribution in [-0.2, 0) is 0 Å². The third kappa shape index (κ3) is 3.62. The first-order valence-electron chi connectivity index (χ1n) is 7.18. The number of nitrogens with two attached hydrogens (primary N) is 1. The Morgan fingerprint density at radius 1 is 1.38 bits per heavy atom. The lowest BCUT2D eigenvalue weighted by Gasteiger charge is -2.30. The average molecular weight is 330 g/mol. The van der Waals surface area contributed by atoms with Crippen LogP contribution in [0.15, 0.2) is 12.1 Å². The lowest BCUT2D eigenvalue weighted by Crippen LogP contribution is -2.43. The molecule has 116 valence electrons. The van der Waals surface area contributed by atoms with E-state index in [9.17, 15) is 4.79 Å². The minimum Gasteiger partial charge on any atom is -0.397 e. The van der Waals surface area contributed by atoms with Gasteiger partial charge < -0.3 is 15.5 Å². The van der Waals surface area contributed by atoms with E-state index < -0.39 is 0 Å². The van der Waals surface area contributed by atoms with Crippen LogP contribution >= 0.6 is 23.2 Å². The van der Waals surface area contributed by atoms with Crippen LogP contribution in [0.5, 0.6) is 0 Å². The number of anilines is 1. The van der Waals surface area contributed by atoms with Gasteiger partial charge in [-0.05, 0) is 38.6 Å². The lowest BCUT2D eigenvalue weighted by atomic mass is 10.1. The van der Waals surface area contributed by atoms with Crippen LogP contribution in [0.4, 0.5) is 5.69 Å². The summed E-state index contributed by atoms with van der Waals surface area (Å²) in [6.07, 6.45) is 1.89. The first-order valence-corrected chi connectivity index (χ1v) is 7.93. The first-order chi connectivity index (χ1) is 9.93. The van der Waals surface area contributed by atoms with Gasteiger partial charge in [0.2, 0.25) is 0 Å². The zero-order valence-corrected chi connectivity index (χ0v) is 13.9. The summed E-state index contributed by atoms with van der Waals surface area (Å²) in [4.78, 5) is 17.0. The molecular weight excluding hydrogens is 309 g/mol. The molecule has 1 aliphatic heterocycles. The quantitative estimate of drug-likeness (QED) is 0.848. The Kier molecular flexibility index (Phi) is 5.36. The van der Waals surface area contributed by atoms with Crippen molar-refractivity contribution in [3.05, 3.63) is 27.7 Å². The van der Waals surface area contributed by atoms with Crippen molar-refractivity contribution in [3.63, 3.8) is 0 Å². The van der Waals surface area contributed by atoms with E-state index >= 15 is 0 Å². The Hall–Kier alpha value is -0.970. The second-order valence-corrected chi connectivity index (χ2v) is 6.32. The molecule has 6 heteroatoms. The molecule has 2 N–H and O–H groups in total. The Morgan fingerprint density at radius 2 is 2.10 bits per heavy atom. The third-order valence-corrected chi connectivity index (χ3v) is 4.75. The molecule has 2 rings (SSSR count). The minimum absolute atomic E-state index is 0.0255. The van der Waals surface area contributed by atoms with Crippen molar-refractivity contribution in [2.45, 2.75) is 25.8 Å². The molecule has 0 aliphatic carbocycles. The van der Waals surface area contributed by atoms with Crippen LogP contribution in [0.3, 0.4) is 0 Å². The fourth-order valence-corrected chi connectivity index (χ4v) is 3.10. The average Bonchev–Trinajstić information content (AvgIpc) is 2.64. The van der Waals surface area contributed by atoms with E-state index in [4.69, 9.17) is 28.9 Å². The zero-order valence-electron chi connectivity index (χ0n) is 12.4. The number of halogens is 2. The summed E-state index contributed by atoms with van der Waals surface area (Å²) in [6.45, 7) is 4.75. The van der Waals surface area contributed by atoms with Gasteiger partial charge in [0, 0.05) is 24.7 Å². The third-order valence-electron chi connectivity index (χ3n) is 3.94. The Morgan fingerprint density at radius 3 is 2.71 bits per heavy atom. The van der Waals surface area contributed by atoms with Gasteiger partial charge in [-0.15, -0.1) is 0 Å². The van der Waals surface area contributed by atoms with Crippen molar-refractivity contribution in [1.29, 1.82) is 0 Å². The molecule has 0 radical (unpaired) electrons. The number of carbonyl (C=O) groups excluding carboxylic acids is 1. The van der Waals surface area contributed by atoms with Gasteiger partial charge in [-0.2, -0.15) is 0 Å². The van der Waals surface area contributed by atoms with E-state index in [1.54, 1.807) is 12.1 Å². The molecule has 1 aliphatic rings. The molecule has 1 saturated heterocycles. The summed E-state index contributed by atoms with van der Waals surface area (Å²) in [6, 6.07) is 3.42. The Labute approximate surface area is 135 Å². The van der Waals surface area contributed by atoms with Gasteiger partial charge in [0.05, 0.1) is 15.7 Å². The fraction of sp³-hybridized carbons (Fsp3) is 0.533. The Balaban J connectivity index is 2.29. The molecule has 1 aromatic carbocycles. The molecule has 1 aromatic rings. The van der Waals surface area contributed by atoms with Gasteiger partial charge in [-0.1, -0.05) is 30.1 Å². The number of carbonyl (C=O) groups is 1. The number of rotatable bonds is 2. The molecule has 1 unspecified atom stereocenters. The number of hydrogen-bond donors (Lipinski definition) is 1. The van der Waals surface area contributed by atoms with E-state index in [1.807, 2.05) is 4.90 Å². The van der Waals surface area contributed by atoms with Crippen molar-refractivity contribution in [1.82, 2.24) is 9.80 Å². The van der Waals surface area contributed by atoms with Crippen molar-refractivity contribution < 1.29 is 4.79 Å². The predicted octanol–water partition coefficient (Wildman–Crippen LogP) is 3.13. The van der Waals surface area contributed by atoms with Gasteiger partial charge in [-0.25, -0.2) is 0 Å². The predicted molar refractivity (Wildman–Crippen MR) is 88.1 cm³/mol. The zero-order chi connectivity index (χ0) is 15.6. The number of hydrogen-bond acceptors (Lipinski definition) is 3. The highest BCUT2D eigenvalue weighted by molar-refractivity contribution is 6.43. The molecular formula is C15H21Cl2N3O. The summed E-state index contributed by atoms with van der Waals surface area (Å²) < 4.78 is 0. The van der Waals surface area contributed by atoms with E-state index in [0.29, 0.717) is 21.3 Å². The fourth-order valence-electron chi connectivity index (χ4n) is 2.76. The maximum absolute atomic E-state index is 12.8. The van der Waals surface area contributed by atoms with Crippen LogP contribution in [-0.4, -0.2) is 48.4 Å². The minimum atomic E-state index is -0.0255. The maximum atomic E-state index is 12.8. The molecule has 0 aromatic heterocycles. The van der Waals surface area contributed by atoms with Gasteiger partial charge in [0.1, 0.15) is 0 Å². The van der Waals surface area contributed by atoms with Gasteiger partial charge in [0.15, 0.2) is 0 Å². The first kappa shape index (κ1) is 16.4. The molecule has 1 amide bonds. The second kappa shape index (κ2) is 6.86. The van der Waals surface area contributed by atoms with E-state index in [-0.39, 0.29) is 11.9 Å². The second-order valence-electron chi connectivity index (χ2n) is 5.54. The van der Waals surface area contributed by atoms with Crippen molar-refractivity contribution in [2.75, 3.05) is 32.4 Å². The summed E-state index contributed by atoms with van der Waals surface area (Å²) in [5.74, 6) is -0.0255. The van der Waals surface area contributed by atoms with E-state index in [0.717, 1.165) is 32.5 Å². The summed E-state index contributed by atoms with van der Waals surface area (Å²) in [5.41, 5.74) is 6.66. The number of likely N-dealkylation sites (N-methyl/N-ethyl adjacent to an activating group) is 1. The number of nitrogen functional groups attached to an aromatic ring is 1. The molecule has 1 fully saturated rings. The molecule has 0 spiro atoms. The Bertz CT molecular complexity index is 513. The summed E-state index contributed by atoms with van der Waals surface area (Å²) in [5, 5.41) is 0.621. The molecule has 4 nitrogen and oxygen atoms in total. The van der Waals surface area contributed by atoms with Crippen LogP contribution in [0, 0.1) is 0 Å². The van der Waals surface area contributed by atoms with Gasteiger partial charge >= 0.3 is 0 Å². The van der Waals surface area contributed by atoms with E-state index in [1.165, 1.54) is 0 Å². The largest absolute Gasteiger partial charge is 0.397 e. The van der Waals surface area contributed by atoms with Crippen LogP contribution < -0.4 is 5.73 Å². The van der Waals surface area contributed by atoms with Crippen molar-refractivity contribution in [3.8, 4) is 0 Å². The number of nitrogens with zero attached hydrogens (tertiary/aromatic N) is 2. The maximum Gasteiger partial charge on any atom is 0.254 e. The SMILES string of the molecule is CCC1CN(C)CCCN1C(=O)c1cc(N)c(Cl)c(Cl)c1. The van der Waals surface area contributed by atoms with Gasteiger partial charge in [0.25, 0.3) is 5.91 Å². The standard InChI is InChI=1S/C15H21Cl2N3O/c1-3-11-9-19(2)5-4-6-20(11)15(21)10-7-12(16)14(17)13(18)8-10/h7-8,11H,3-6,9,18H2,1-2H3. The van der Waals surface area contributed by atoms with Crippen LogP contribution in [0.2, 0.25) is 10.0 Å². The molecule has 0 bridgehead atoms. The molecule has 21 heavy (non-hydrogen) atoms. The summed E-state index contributed by atoms with van der Waals surface area (Å²) in [7, 11) is 2.09. The van der Waals surface area contributed by atoms with Crippen molar-refractivity contribution >= 4 is 34.8 Å². The lowest BCUT2D eigenvalue weighted by molar-refractivity contribution is 0.0676. The smallest absolute Gasteiger partial charge is 0.254 e. The highest BCUT2D eigenvalue weighted by atomic mass is 35.5. The topological polar surface area (TPSA) is 49.6 Å². The van der Waals surface area contributed by atoms with Crippen molar-refractivity contribution in [2.24, 2.45) is 0 Å². The molecule has 0 saturated carbocycles. The van der Waals surface area contributed by atoms with Crippen LogP contribution in [0.1, 0.15) is 30.1 Å². The molecule has 1 heterocycles. The highest BCUT2D eigenvalue weighted by Gasteiger charge is 2.27. The number of amides is 1. The van der Waals surface area contributed by atoms with E-state index in [2.05, 4.69) is 18.9 Å². The van der Waals surface area contributed by atoms with Crippen LogP contribution in [0.25, 0.3) is 0 Å². The number of benzene rings is 1.